The molecule has 0 aliphatic rings. The number of hydrogen-bond donors (Lipinski definition) is 0. The zero-order valence-electron chi connectivity index (χ0n) is 14.6. The highest BCUT2D eigenvalue weighted by Gasteiger charge is 2.12. The molecule has 0 aliphatic heterocycles. The molecule has 4 aromatic rings. The van der Waals surface area contributed by atoms with Gasteiger partial charge in [0.05, 0.1) is 7.11 Å². The van der Waals surface area contributed by atoms with Gasteiger partial charge in [-0.15, -0.1) is 10.2 Å². The van der Waals surface area contributed by atoms with Gasteiger partial charge in [-0.2, -0.15) is 9.61 Å². The zero-order chi connectivity index (χ0) is 17.8. The van der Waals surface area contributed by atoms with Crippen LogP contribution in [0, 0.1) is 0 Å². The fourth-order valence-corrected chi connectivity index (χ4v) is 3.82. The summed E-state index contributed by atoms with van der Waals surface area (Å²) in [7, 11) is 1.67. The third-order valence-electron chi connectivity index (χ3n) is 4.32. The number of aryl methyl sites for hydroxylation is 2. The summed E-state index contributed by atoms with van der Waals surface area (Å²) in [6.45, 7) is 0. The lowest BCUT2D eigenvalue weighted by Crippen LogP contribution is -1.99. The van der Waals surface area contributed by atoms with Crippen LogP contribution in [0.25, 0.3) is 4.96 Å². The Morgan fingerprint density at radius 3 is 2.50 bits per heavy atom. The fraction of sp³-hybridized carbons (Fsp3) is 0.250. The molecule has 0 spiro atoms. The summed E-state index contributed by atoms with van der Waals surface area (Å²) in [6, 6.07) is 18.6. The van der Waals surface area contributed by atoms with Crippen LogP contribution in [0.5, 0.6) is 5.75 Å². The van der Waals surface area contributed by atoms with Gasteiger partial charge in [-0.3, -0.25) is 0 Å². The molecule has 0 amide bonds. The first-order valence-electron chi connectivity index (χ1n) is 8.68. The Kier molecular flexibility index (Phi) is 4.93. The van der Waals surface area contributed by atoms with Gasteiger partial charge in [0.1, 0.15) is 10.8 Å². The molecule has 6 heteroatoms. The quantitative estimate of drug-likeness (QED) is 0.498. The summed E-state index contributed by atoms with van der Waals surface area (Å²) in [4.78, 5) is 0.864. The normalized spacial score (nSPS) is 11.1. The van der Waals surface area contributed by atoms with Crippen molar-refractivity contribution in [2.24, 2.45) is 0 Å². The lowest BCUT2D eigenvalue weighted by molar-refractivity contribution is 0.414. The Balaban J connectivity index is 1.42. The maximum Gasteiger partial charge on any atom is 0.234 e. The molecule has 0 atom stereocenters. The van der Waals surface area contributed by atoms with Crippen LogP contribution in [0.4, 0.5) is 0 Å². The van der Waals surface area contributed by atoms with Gasteiger partial charge in [-0.05, 0) is 36.1 Å². The first-order valence-corrected chi connectivity index (χ1v) is 9.50. The Hall–Kier alpha value is -2.73. The lowest BCUT2D eigenvalue weighted by atomic mass is 10.1. The molecule has 0 aliphatic carbocycles. The number of ether oxygens (including phenoxy) is 1. The van der Waals surface area contributed by atoms with E-state index in [0.717, 1.165) is 40.8 Å². The maximum atomic E-state index is 5.20. The van der Waals surface area contributed by atoms with E-state index >= 15 is 0 Å². The summed E-state index contributed by atoms with van der Waals surface area (Å²) in [5.74, 6) is 1.73. The minimum Gasteiger partial charge on any atom is -0.497 e. The number of nitrogens with zero attached hydrogens (tertiary/aromatic N) is 4. The van der Waals surface area contributed by atoms with Crippen molar-refractivity contribution in [1.82, 2.24) is 19.8 Å². The van der Waals surface area contributed by atoms with Gasteiger partial charge in [0.25, 0.3) is 0 Å². The second-order valence-electron chi connectivity index (χ2n) is 6.17. The summed E-state index contributed by atoms with van der Waals surface area (Å²) in [5.41, 5.74) is 2.54. The first-order chi connectivity index (χ1) is 12.8. The Labute approximate surface area is 156 Å². The van der Waals surface area contributed by atoms with Crippen LogP contribution in [0.2, 0.25) is 0 Å². The van der Waals surface area contributed by atoms with Gasteiger partial charge in [0.2, 0.25) is 4.96 Å². The molecular weight excluding hydrogens is 344 g/mol. The van der Waals surface area contributed by atoms with Gasteiger partial charge in [-0.1, -0.05) is 53.8 Å². The van der Waals surface area contributed by atoms with Crippen LogP contribution >= 0.6 is 11.3 Å². The van der Waals surface area contributed by atoms with Crippen LogP contribution in [-0.4, -0.2) is 26.9 Å². The van der Waals surface area contributed by atoms with E-state index < -0.39 is 0 Å². The average molecular weight is 364 g/mol. The molecule has 5 nitrogen and oxygen atoms in total. The molecule has 4 rings (SSSR count). The van der Waals surface area contributed by atoms with Gasteiger partial charge in [0.15, 0.2) is 5.82 Å². The summed E-state index contributed by atoms with van der Waals surface area (Å²) in [6.07, 6.45) is 3.82. The van der Waals surface area contributed by atoms with Crippen LogP contribution in [-0.2, 0) is 19.3 Å². The highest BCUT2D eigenvalue weighted by atomic mass is 32.1. The van der Waals surface area contributed by atoms with Crippen LogP contribution in [0.15, 0.2) is 54.6 Å². The molecule has 2 heterocycles. The number of hydrogen-bond acceptors (Lipinski definition) is 5. The molecule has 0 radical (unpaired) electrons. The molecule has 0 unspecified atom stereocenters. The van der Waals surface area contributed by atoms with Crippen LogP contribution in [0.3, 0.4) is 0 Å². The van der Waals surface area contributed by atoms with Crippen molar-refractivity contribution in [2.75, 3.05) is 7.11 Å². The van der Waals surface area contributed by atoms with Crippen molar-refractivity contribution < 1.29 is 4.74 Å². The van der Waals surface area contributed by atoms with E-state index in [9.17, 15) is 0 Å². The number of fused-ring (bicyclic) bond motifs is 1. The summed E-state index contributed by atoms with van der Waals surface area (Å²) in [5, 5.41) is 14.4. The van der Waals surface area contributed by atoms with Crippen LogP contribution < -0.4 is 4.74 Å². The van der Waals surface area contributed by atoms with E-state index in [-0.39, 0.29) is 0 Å². The standard InChI is InChI=1S/C20H20N4OS/c1-25-17-12-10-16(11-13-17)14-18-21-22-20-24(18)23-19(26-20)9-5-8-15-6-3-2-4-7-15/h2-4,6-7,10-13H,5,8-9,14H2,1H3. The summed E-state index contributed by atoms with van der Waals surface area (Å²) >= 11 is 1.63. The van der Waals surface area contributed by atoms with Crippen molar-refractivity contribution in [3.05, 3.63) is 76.6 Å². The van der Waals surface area contributed by atoms with Gasteiger partial charge in [0, 0.05) is 12.8 Å². The number of aromatic nitrogens is 4. The van der Waals surface area contributed by atoms with Gasteiger partial charge >= 0.3 is 0 Å². The second kappa shape index (κ2) is 7.66. The zero-order valence-corrected chi connectivity index (χ0v) is 15.4. The predicted octanol–water partition coefficient (Wildman–Crippen LogP) is 3.96. The fourth-order valence-electron chi connectivity index (χ4n) is 2.92. The minimum absolute atomic E-state index is 0.707. The number of benzene rings is 2. The Bertz CT molecular complexity index is 976. The monoisotopic (exact) mass is 364 g/mol. The highest BCUT2D eigenvalue weighted by molar-refractivity contribution is 7.16. The highest BCUT2D eigenvalue weighted by Crippen LogP contribution is 2.19. The SMILES string of the molecule is COc1ccc(Cc2nnc3sc(CCCc4ccccc4)nn23)cc1. The van der Waals surface area contributed by atoms with E-state index in [1.165, 1.54) is 11.1 Å². The molecule has 0 saturated carbocycles. The largest absolute Gasteiger partial charge is 0.497 e. The molecular formula is C20H20N4OS. The van der Waals surface area contributed by atoms with E-state index in [4.69, 9.17) is 9.84 Å². The molecule has 132 valence electrons. The molecule has 0 fully saturated rings. The third kappa shape index (κ3) is 3.75. The topological polar surface area (TPSA) is 52.3 Å². The summed E-state index contributed by atoms with van der Waals surface area (Å²) < 4.78 is 7.09. The molecule has 2 aromatic heterocycles. The van der Waals surface area contributed by atoms with Gasteiger partial charge in [-0.25, -0.2) is 0 Å². The average Bonchev–Trinajstić information content (AvgIpc) is 3.25. The molecule has 26 heavy (non-hydrogen) atoms. The Morgan fingerprint density at radius 2 is 1.73 bits per heavy atom. The van der Waals surface area contributed by atoms with E-state index in [1.54, 1.807) is 18.4 Å². The van der Waals surface area contributed by atoms with E-state index in [0.29, 0.717) is 6.42 Å². The van der Waals surface area contributed by atoms with Crippen LogP contribution in [0.1, 0.15) is 28.4 Å². The third-order valence-corrected chi connectivity index (χ3v) is 5.28. The van der Waals surface area contributed by atoms with E-state index in [1.807, 2.05) is 28.8 Å². The molecule has 0 N–H and O–H groups in total. The van der Waals surface area contributed by atoms with Crippen molar-refractivity contribution >= 4 is 16.3 Å². The molecule has 0 saturated heterocycles. The van der Waals surface area contributed by atoms with Crippen molar-refractivity contribution in [3.8, 4) is 5.75 Å². The minimum atomic E-state index is 0.707. The smallest absolute Gasteiger partial charge is 0.234 e. The molecule has 2 aromatic carbocycles. The predicted molar refractivity (Wildman–Crippen MR) is 103 cm³/mol. The Morgan fingerprint density at radius 1 is 0.923 bits per heavy atom. The maximum absolute atomic E-state index is 5.20. The van der Waals surface area contributed by atoms with E-state index in [2.05, 4.69) is 40.5 Å². The lowest BCUT2D eigenvalue weighted by Gasteiger charge is -2.01. The number of rotatable bonds is 7. The number of methoxy groups -OCH3 is 1. The molecule has 0 bridgehead atoms. The van der Waals surface area contributed by atoms with Crippen molar-refractivity contribution in [2.45, 2.75) is 25.7 Å². The first kappa shape index (κ1) is 16.7. The second-order valence-corrected chi connectivity index (χ2v) is 7.21. The van der Waals surface area contributed by atoms with Crippen molar-refractivity contribution in [3.63, 3.8) is 0 Å². The van der Waals surface area contributed by atoms with Gasteiger partial charge < -0.3 is 4.74 Å². The van der Waals surface area contributed by atoms with Crippen molar-refractivity contribution in [1.29, 1.82) is 0 Å².